The number of hydrogen-bond donors (Lipinski definition) is 1. The van der Waals surface area contributed by atoms with Gasteiger partial charge in [0.05, 0.1) is 12.8 Å². The lowest BCUT2D eigenvalue weighted by molar-refractivity contribution is 0.415. The molecule has 0 spiro atoms. The second-order valence-electron chi connectivity index (χ2n) is 4.85. The van der Waals surface area contributed by atoms with Crippen molar-refractivity contribution in [2.75, 3.05) is 13.0 Å². The average Bonchev–Trinajstić information content (AvgIpc) is 2.80. The number of halogens is 1. The minimum atomic E-state index is 0.432. The molecular weight excluding hydrogens is 260 g/mol. The van der Waals surface area contributed by atoms with Crippen molar-refractivity contribution in [1.82, 2.24) is 9.97 Å². The molecule has 3 nitrogen and oxygen atoms in total. The molecule has 19 heavy (non-hydrogen) atoms. The number of nitrogens with zero attached hydrogens (tertiary/aromatic N) is 1. The Morgan fingerprint density at radius 1 is 1.42 bits per heavy atom. The van der Waals surface area contributed by atoms with Gasteiger partial charge in [-0.3, -0.25) is 0 Å². The molecule has 2 rings (SSSR count). The fourth-order valence-corrected chi connectivity index (χ4v) is 2.10. The quantitative estimate of drug-likeness (QED) is 0.845. The Bertz CT molecular complexity index is 551. The van der Waals surface area contributed by atoms with Crippen molar-refractivity contribution in [2.45, 2.75) is 20.3 Å². The number of aromatic amines is 1. The highest BCUT2D eigenvalue weighted by molar-refractivity contribution is 6.18. The fraction of sp³-hybridized carbons (Fsp3) is 0.400. The molecule has 1 atom stereocenters. The second-order valence-corrected chi connectivity index (χ2v) is 5.16. The summed E-state index contributed by atoms with van der Waals surface area (Å²) >= 11 is 5.86. The van der Waals surface area contributed by atoms with Crippen molar-refractivity contribution in [1.29, 1.82) is 0 Å². The van der Waals surface area contributed by atoms with E-state index in [0.29, 0.717) is 11.8 Å². The van der Waals surface area contributed by atoms with Crippen LogP contribution >= 0.6 is 11.6 Å². The first-order chi connectivity index (χ1) is 9.13. The van der Waals surface area contributed by atoms with Gasteiger partial charge >= 0.3 is 0 Å². The van der Waals surface area contributed by atoms with Crippen LogP contribution in [0.15, 0.2) is 24.3 Å². The van der Waals surface area contributed by atoms with Crippen molar-refractivity contribution >= 4 is 11.6 Å². The van der Waals surface area contributed by atoms with Gasteiger partial charge in [-0.05, 0) is 31.4 Å². The van der Waals surface area contributed by atoms with E-state index in [0.717, 1.165) is 34.9 Å². The third kappa shape index (κ3) is 3.29. The van der Waals surface area contributed by atoms with Gasteiger partial charge in [0.15, 0.2) is 0 Å². The van der Waals surface area contributed by atoms with Crippen molar-refractivity contribution in [3.63, 3.8) is 0 Å². The Hall–Kier alpha value is -1.48. The Morgan fingerprint density at radius 2 is 2.21 bits per heavy atom. The van der Waals surface area contributed by atoms with Gasteiger partial charge in [0, 0.05) is 17.1 Å². The van der Waals surface area contributed by atoms with Crippen LogP contribution in [-0.4, -0.2) is 23.0 Å². The third-order valence-corrected chi connectivity index (χ3v) is 3.66. The smallest absolute Gasteiger partial charge is 0.137 e. The molecule has 1 unspecified atom stereocenters. The number of rotatable bonds is 5. The van der Waals surface area contributed by atoms with Crippen molar-refractivity contribution in [3.05, 3.63) is 35.7 Å². The molecular formula is C15H19ClN2O. The molecule has 102 valence electrons. The summed E-state index contributed by atoms with van der Waals surface area (Å²) in [4.78, 5) is 8.01. The maximum Gasteiger partial charge on any atom is 0.137 e. The summed E-state index contributed by atoms with van der Waals surface area (Å²) in [5, 5.41) is 0. The number of methoxy groups -OCH3 is 1. The number of benzene rings is 1. The van der Waals surface area contributed by atoms with Crippen LogP contribution < -0.4 is 4.74 Å². The lowest BCUT2D eigenvalue weighted by Gasteiger charge is -2.04. The molecule has 0 fully saturated rings. The maximum absolute atomic E-state index is 5.86. The van der Waals surface area contributed by atoms with Crippen LogP contribution in [0, 0.1) is 12.8 Å². The van der Waals surface area contributed by atoms with Crippen LogP contribution in [0.5, 0.6) is 5.75 Å². The predicted molar refractivity (Wildman–Crippen MR) is 78.9 cm³/mol. The predicted octanol–water partition coefficient (Wildman–Crippen LogP) is 3.81. The Morgan fingerprint density at radius 3 is 2.89 bits per heavy atom. The zero-order chi connectivity index (χ0) is 13.8. The molecule has 4 heteroatoms. The molecule has 1 aromatic carbocycles. The van der Waals surface area contributed by atoms with E-state index >= 15 is 0 Å². The van der Waals surface area contributed by atoms with Crippen LogP contribution in [0.1, 0.15) is 18.3 Å². The highest BCUT2D eigenvalue weighted by Gasteiger charge is 2.11. The summed E-state index contributed by atoms with van der Waals surface area (Å²) in [6.45, 7) is 4.18. The molecule has 2 aromatic rings. The van der Waals surface area contributed by atoms with E-state index in [4.69, 9.17) is 16.3 Å². The Kier molecular flexibility index (Phi) is 4.48. The SMILES string of the molecule is COc1cccc(-c2nc(CC(C)CCl)c(C)[nH]2)c1. The molecule has 0 aliphatic rings. The first-order valence-corrected chi connectivity index (χ1v) is 6.93. The minimum Gasteiger partial charge on any atom is -0.497 e. The number of H-pyrrole nitrogens is 1. The number of nitrogens with one attached hydrogen (secondary N) is 1. The number of aryl methyl sites for hydroxylation is 1. The molecule has 0 amide bonds. The third-order valence-electron chi connectivity index (χ3n) is 3.13. The van der Waals surface area contributed by atoms with Crippen molar-refractivity contribution in [3.8, 4) is 17.1 Å². The Balaban J connectivity index is 2.28. The zero-order valence-corrected chi connectivity index (χ0v) is 12.3. The van der Waals surface area contributed by atoms with Gasteiger partial charge in [0.1, 0.15) is 11.6 Å². The lowest BCUT2D eigenvalue weighted by Crippen LogP contribution is -2.02. The number of imidazole rings is 1. The molecule has 0 saturated carbocycles. The summed E-state index contributed by atoms with van der Waals surface area (Å²) in [7, 11) is 1.67. The first kappa shape index (κ1) is 13.9. The van der Waals surface area contributed by atoms with Gasteiger partial charge in [-0.15, -0.1) is 11.6 Å². The van der Waals surface area contributed by atoms with Crippen LogP contribution in [0.3, 0.4) is 0 Å². The van der Waals surface area contributed by atoms with Crippen molar-refractivity contribution < 1.29 is 4.74 Å². The largest absolute Gasteiger partial charge is 0.497 e. The van der Waals surface area contributed by atoms with Gasteiger partial charge in [0.2, 0.25) is 0 Å². The van der Waals surface area contributed by atoms with E-state index in [-0.39, 0.29) is 0 Å². The summed E-state index contributed by atoms with van der Waals surface area (Å²) < 4.78 is 5.24. The lowest BCUT2D eigenvalue weighted by atomic mass is 10.1. The molecule has 0 saturated heterocycles. The van der Waals surface area contributed by atoms with Crippen LogP contribution in [-0.2, 0) is 6.42 Å². The highest BCUT2D eigenvalue weighted by atomic mass is 35.5. The standard InChI is InChI=1S/C15H19ClN2O/c1-10(9-16)7-14-11(2)17-15(18-14)12-5-4-6-13(8-12)19-3/h4-6,8,10H,7,9H2,1-3H3,(H,17,18). The van der Waals surface area contributed by atoms with E-state index in [1.54, 1.807) is 7.11 Å². The first-order valence-electron chi connectivity index (χ1n) is 6.40. The molecule has 0 aliphatic carbocycles. The van der Waals surface area contributed by atoms with E-state index in [1.165, 1.54) is 0 Å². The number of ether oxygens (including phenoxy) is 1. The molecule has 1 heterocycles. The summed E-state index contributed by atoms with van der Waals surface area (Å²) in [5.41, 5.74) is 3.23. The normalized spacial score (nSPS) is 12.4. The fourth-order valence-electron chi connectivity index (χ4n) is 1.99. The van der Waals surface area contributed by atoms with Crippen LogP contribution in [0.2, 0.25) is 0 Å². The van der Waals surface area contributed by atoms with Gasteiger partial charge in [-0.25, -0.2) is 4.98 Å². The average molecular weight is 279 g/mol. The molecule has 1 aromatic heterocycles. The van der Waals surface area contributed by atoms with Crippen LogP contribution in [0.25, 0.3) is 11.4 Å². The van der Waals surface area contributed by atoms with E-state index < -0.39 is 0 Å². The summed E-state index contributed by atoms with van der Waals surface area (Å²) in [6, 6.07) is 7.89. The van der Waals surface area contributed by atoms with Gasteiger partial charge in [0.25, 0.3) is 0 Å². The monoisotopic (exact) mass is 278 g/mol. The minimum absolute atomic E-state index is 0.432. The van der Waals surface area contributed by atoms with Gasteiger partial charge in [-0.2, -0.15) is 0 Å². The molecule has 1 N–H and O–H groups in total. The summed E-state index contributed by atoms with van der Waals surface area (Å²) in [6.07, 6.45) is 0.899. The second kappa shape index (κ2) is 6.11. The van der Waals surface area contributed by atoms with Gasteiger partial charge in [-0.1, -0.05) is 19.1 Å². The zero-order valence-electron chi connectivity index (χ0n) is 11.5. The van der Waals surface area contributed by atoms with E-state index in [1.807, 2.05) is 31.2 Å². The highest BCUT2D eigenvalue weighted by Crippen LogP contribution is 2.23. The topological polar surface area (TPSA) is 37.9 Å². The molecule has 0 bridgehead atoms. The Labute approximate surface area is 119 Å². The molecule has 0 aliphatic heterocycles. The summed E-state index contributed by atoms with van der Waals surface area (Å²) in [5.74, 6) is 2.80. The molecule has 0 radical (unpaired) electrons. The number of hydrogen-bond acceptors (Lipinski definition) is 2. The van der Waals surface area contributed by atoms with E-state index in [2.05, 4.69) is 16.9 Å². The number of aromatic nitrogens is 2. The van der Waals surface area contributed by atoms with Crippen LogP contribution in [0.4, 0.5) is 0 Å². The number of alkyl halides is 1. The van der Waals surface area contributed by atoms with Gasteiger partial charge < -0.3 is 9.72 Å². The van der Waals surface area contributed by atoms with Crippen molar-refractivity contribution in [2.24, 2.45) is 5.92 Å². The maximum atomic E-state index is 5.86. The van der Waals surface area contributed by atoms with E-state index in [9.17, 15) is 0 Å².